The van der Waals surface area contributed by atoms with E-state index in [1.807, 2.05) is 31.2 Å². The van der Waals surface area contributed by atoms with E-state index in [2.05, 4.69) is 18.4 Å². The van der Waals surface area contributed by atoms with E-state index in [0.717, 1.165) is 16.6 Å². The van der Waals surface area contributed by atoms with E-state index in [9.17, 15) is 4.79 Å². The molecule has 0 bridgehead atoms. The van der Waals surface area contributed by atoms with E-state index in [1.165, 1.54) is 0 Å². The smallest absolute Gasteiger partial charge is 0.325 e. The van der Waals surface area contributed by atoms with Crippen molar-refractivity contribution in [1.29, 1.82) is 0 Å². The highest BCUT2D eigenvalue weighted by atomic mass is 16.4. The van der Waals surface area contributed by atoms with E-state index >= 15 is 0 Å². The Labute approximate surface area is 106 Å². The average molecular weight is 246 g/mol. The van der Waals surface area contributed by atoms with Gasteiger partial charge in [-0.05, 0) is 26.8 Å². The molecule has 2 rings (SSSR count). The topological polar surface area (TPSA) is 68.2 Å². The fourth-order valence-corrected chi connectivity index (χ4v) is 2.60. The minimum absolute atomic E-state index is 0.268. The third kappa shape index (κ3) is 1.78. The monoisotopic (exact) mass is 246 g/mol. The first-order chi connectivity index (χ1) is 8.45. The maximum Gasteiger partial charge on any atom is 0.325 e. The predicted octanol–water partition coefficient (Wildman–Crippen LogP) is 2.62. The Morgan fingerprint density at radius 3 is 2.50 bits per heavy atom. The van der Waals surface area contributed by atoms with Gasteiger partial charge < -0.3 is 15.4 Å². The Hall–Kier alpha value is -1.81. The number of aromatic nitrogens is 1. The number of benzene rings is 1. The Morgan fingerprint density at radius 2 is 1.94 bits per heavy atom. The van der Waals surface area contributed by atoms with Gasteiger partial charge in [0.2, 0.25) is 0 Å². The molecule has 2 aromatic rings. The minimum atomic E-state index is -0.996. The molecule has 96 valence electrons. The van der Waals surface area contributed by atoms with Gasteiger partial charge >= 0.3 is 5.97 Å². The SMILES string of the molecule is Cc1c(C(N)C(=O)O)c2ccccc2n1C(C)C. The Balaban J connectivity index is 2.81. The van der Waals surface area contributed by atoms with Crippen LogP contribution in [-0.4, -0.2) is 15.6 Å². The third-order valence-electron chi connectivity index (χ3n) is 3.30. The van der Waals surface area contributed by atoms with Crippen LogP contribution in [0.15, 0.2) is 24.3 Å². The minimum Gasteiger partial charge on any atom is -0.480 e. The van der Waals surface area contributed by atoms with Crippen LogP contribution in [0.4, 0.5) is 0 Å². The fourth-order valence-electron chi connectivity index (χ4n) is 2.60. The molecule has 1 aromatic heterocycles. The van der Waals surface area contributed by atoms with Crippen molar-refractivity contribution < 1.29 is 9.90 Å². The van der Waals surface area contributed by atoms with E-state index in [4.69, 9.17) is 10.8 Å². The van der Waals surface area contributed by atoms with Gasteiger partial charge in [-0.25, -0.2) is 0 Å². The molecule has 1 heterocycles. The zero-order valence-electron chi connectivity index (χ0n) is 10.8. The number of carbonyl (C=O) groups is 1. The number of para-hydroxylation sites is 1. The standard InChI is InChI=1S/C14H18N2O2/c1-8(2)16-9(3)12(13(15)14(17)18)10-6-4-5-7-11(10)16/h4-8,13H,15H2,1-3H3,(H,17,18). The summed E-state index contributed by atoms with van der Waals surface area (Å²) in [6.45, 7) is 6.09. The summed E-state index contributed by atoms with van der Waals surface area (Å²) in [7, 11) is 0. The van der Waals surface area contributed by atoms with E-state index in [1.54, 1.807) is 0 Å². The highest BCUT2D eigenvalue weighted by molar-refractivity contribution is 5.91. The molecule has 0 aliphatic heterocycles. The Morgan fingerprint density at radius 1 is 1.33 bits per heavy atom. The molecular formula is C14H18N2O2. The molecule has 1 aromatic carbocycles. The largest absolute Gasteiger partial charge is 0.480 e. The molecule has 0 radical (unpaired) electrons. The number of fused-ring (bicyclic) bond motifs is 1. The van der Waals surface area contributed by atoms with Crippen LogP contribution in [-0.2, 0) is 4.79 Å². The van der Waals surface area contributed by atoms with Gasteiger partial charge in [0, 0.05) is 28.2 Å². The van der Waals surface area contributed by atoms with Gasteiger partial charge in [-0.3, -0.25) is 4.79 Å². The molecule has 0 aliphatic carbocycles. The first-order valence-corrected chi connectivity index (χ1v) is 6.03. The van der Waals surface area contributed by atoms with E-state index < -0.39 is 12.0 Å². The van der Waals surface area contributed by atoms with Crippen molar-refractivity contribution in [2.24, 2.45) is 5.73 Å². The Kier molecular flexibility index (Phi) is 3.13. The number of nitrogens with zero attached hydrogens (tertiary/aromatic N) is 1. The normalized spacial score (nSPS) is 13.2. The highest BCUT2D eigenvalue weighted by Gasteiger charge is 2.24. The van der Waals surface area contributed by atoms with Crippen LogP contribution in [0.5, 0.6) is 0 Å². The van der Waals surface area contributed by atoms with Crippen LogP contribution < -0.4 is 5.73 Å². The zero-order valence-corrected chi connectivity index (χ0v) is 10.8. The number of hydrogen-bond acceptors (Lipinski definition) is 2. The first kappa shape index (κ1) is 12.6. The summed E-state index contributed by atoms with van der Waals surface area (Å²) < 4.78 is 2.13. The number of carboxylic acid groups (broad SMARTS) is 1. The van der Waals surface area contributed by atoms with Gasteiger partial charge in [0.05, 0.1) is 0 Å². The van der Waals surface area contributed by atoms with E-state index in [0.29, 0.717) is 5.56 Å². The van der Waals surface area contributed by atoms with Gasteiger partial charge in [-0.1, -0.05) is 18.2 Å². The van der Waals surface area contributed by atoms with Crippen LogP contribution in [0, 0.1) is 6.92 Å². The molecule has 4 heteroatoms. The first-order valence-electron chi connectivity index (χ1n) is 6.03. The summed E-state index contributed by atoms with van der Waals surface area (Å²) in [5, 5.41) is 10.1. The van der Waals surface area contributed by atoms with Gasteiger partial charge in [0.15, 0.2) is 0 Å². The third-order valence-corrected chi connectivity index (χ3v) is 3.30. The Bertz CT molecular complexity index is 599. The second kappa shape index (κ2) is 4.46. The average Bonchev–Trinajstić information content (AvgIpc) is 2.60. The maximum atomic E-state index is 11.1. The van der Waals surface area contributed by atoms with Gasteiger partial charge in [-0.15, -0.1) is 0 Å². The number of aliphatic carboxylic acids is 1. The lowest BCUT2D eigenvalue weighted by Gasteiger charge is -2.13. The van der Waals surface area contributed by atoms with Gasteiger partial charge in [0.1, 0.15) is 6.04 Å². The van der Waals surface area contributed by atoms with Crippen LogP contribution in [0.1, 0.15) is 37.2 Å². The van der Waals surface area contributed by atoms with Crippen LogP contribution in [0.2, 0.25) is 0 Å². The van der Waals surface area contributed by atoms with E-state index in [-0.39, 0.29) is 6.04 Å². The van der Waals surface area contributed by atoms with Crippen molar-refractivity contribution in [2.45, 2.75) is 32.9 Å². The summed E-state index contributed by atoms with van der Waals surface area (Å²) in [5.41, 5.74) is 8.49. The molecule has 18 heavy (non-hydrogen) atoms. The zero-order chi connectivity index (χ0) is 13.4. The number of nitrogens with two attached hydrogens (primary N) is 1. The maximum absolute atomic E-state index is 11.1. The molecule has 1 atom stereocenters. The summed E-state index contributed by atoms with van der Waals surface area (Å²) in [4.78, 5) is 11.1. The van der Waals surface area contributed by atoms with Crippen LogP contribution >= 0.6 is 0 Å². The van der Waals surface area contributed by atoms with Gasteiger partial charge in [0.25, 0.3) is 0 Å². The van der Waals surface area contributed by atoms with Crippen molar-refractivity contribution in [2.75, 3.05) is 0 Å². The molecule has 0 saturated carbocycles. The molecular weight excluding hydrogens is 228 g/mol. The number of carboxylic acids is 1. The van der Waals surface area contributed by atoms with Crippen molar-refractivity contribution in [3.63, 3.8) is 0 Å². The summed E-state index contributed by atoms with van der Waals surface area (Å²) in [5.74, 6) is -0.996. The fraction of sp³-hybridized carbons (Fsp3) is 0.357. The number of rotatable bonds is 3. The predicted molar refractivity (Wildman–Crippen MR) is 71.6 cm³/mol. The summed E-state index contributed by atoms with van der Waals surface area (Å²) in [6.07, 6.45) is 0. The van der Waals surface area contributed by atoms with Crippen LogP contribution in [0.25, 0.3) is 10.9 Å². The second-order valence-corrected chi connectivity index (χ2v) is 4.80. The van der Waals surface area contributed by atoms with Crippen molar-refractivity contribution in [3.05, 3.63) is 35.5 Å². The molecule has 0 fully saturated rings. The lowest BCUT2D eigenvalue weighted by atomic mass is 10.0. The number of hydrogen-bond donors (Lipinski definition) is 2. The molecule has 3 N–H and O–H groups in total. The molecule has 0 saturated heterocycles. The lowest BCUT2D eigenvalue weighted by Crippen LogP contribution is -2.21. The lowest BCUT2D eigenvalue weighted by molar-refractivity contribution is -0.138. The molecule has 0 spiro atoms. The molecule has 0 amide bonds. The van der Waals surface area contributed by atoms with Crippen molar-refractivity contribution in [1.82, 2.24) is 4.57 Å². The van der Waals surface area contributed by atoms with Crippen molar-refractivity contribution in [3.8, 4) is 0 Å². The van der Waals surface area contributed by atoms with Crippen molar-refractivity contribution >= 4 is 16.9 Å². The van der Waals surface area contributed by atoms with Gasteiger partial charge in [-0.2, -0.15) is 0 Å². The second-order valence-electron chi connectivity index (χ2n) is 4.80. The summed E-state index contributed by atoms with van der Waals surface area (Å²) in [6, 6.07) is 7.08. The summed E-state index contributed by atoms with van der Waals surface area (Å²) >= 11 is 0. The highest BCUT2D eigenvalue weighted by Crippen LogP contribution is 2.32. The molecule has 0 aliphatic rings. The molecule has 4 nitrogen and oxygen atoms in total. The molecule has 1 unspecified atom stereocenters. The van der Waals surface area contributed by atoms with Crippen LogP contribution in [0.3, 0.4) is 0 Å². The quantitative estimate of drug-likeness (QED) is 0.874.